The predicted molar refractivity (Wildman–Crippen MR) is 99.0 cm³/mol. The zero-order valence-electron chi connectivity index (χ0n) is 15.4. The van der Waals surface area contributed by atoms with Crippen molar-refractivity contribution in [3.8, 4) is 11.7 Å². The van der Waals surface area contributed by atoms with E-state index in [0.717, 1.165) is 31.5 Å². The van der Waals surface area contributed by atoms with E-state index in [2.05, 4.69) is 11.0 Å². The van der Waals surface area contributed by atoms with Gasteiger partial charge in [0.25, 0.3) is 11.9 Å². The van der Waals surface area contributed by atoms with Gasteiger partial charge in [0.15, 0.2) is 5.76 Å². The maximum Gasteiger partial charge on any atom is 0.290 e. The van der Waals surface area contributed by atoms with Crippen LogP contribution in [0.2, 0.25) is 0 Å². The van der Waals surface area contributed by atoms with Gasteiger partial charge in [-0.15, -0.1) is 0 Å². The van der Waals surface area contributed by atoms with Crippen molar-refractivity contribution in [1.29, 1.82) is 0 Å². The fraction of sp³-hybridized carbons (Fsp3) is 0.476. The molecule has 3 atom stereocenters. The van der Waals surface area contributed by atoms with E-state index in [1.807, 2.05) is 17.0 Å². The standard InChI is InChI=1S/C21H24N2O4/c1-26-18-6-5-17(27-18)21(25)23-12-16(14-3-2-4-15(24)11-14)20-19(23)13-7-9-22(20)10-8-13/h2-6,11,13,16,19-20,24H,7-10,12H2,1H3/t16-,19+,20+/m0/s1. The van der Waals surface area contributed by atoms with Gasteiger partial charge in [-0.2, -0.15) is 0 Å². The Morgan fingerprint density at radius 2 is 2.00 bits per heavy atom. The minimum absolute atomic E-state index is 0.0651. The van der Waals surface area contributed by atoms with Gasteiger partial charge in [0.2, 0.25) is 0 Å². The van der Waals surface area contributed by atoms with E-state index < -0.39 is 0 Å². The van der Waals surface area contributed by atoms with E-state index in [0.29, 0.717) is 30.2 Å². The third-order valence-corrected chi connectivity index (χ3v) is 6.55. The minimum Gasteiger partial charge on any atom is -0.508 e. The molecule has 1 amide bonds. The summed E-state index contributed by atoms with van der Waals surface area (Å²) in [4.78, 5) is 17.8. The molecule has 6 rings (SSSR count). The molecule has 2 bridgehead atoms. The number of likely N-dealkylation sites (tertiary alicyclic amines) is 1. The number of carbonyl (C=O) groups excluding carboxylic acids is 1. The number of ether oxygens (including phenoxy) is 1. The van der Waals surface area contributed by atoms with Crippen LogP contribution in [0.1, 0.15) is 34.9 Å². The lowest BCUT2D eigenvalue weighted by molar-refractivity contribution is -0.00440. The zero-order valence-corrected chi connectivity index (χ0v) is 15.4. The van der Waals surface area contributed by atoms with E-state index in [4.69, 9.17) is 9.15 Å². The first-order valence-electron chi connectivity index (χ1n) is 9.63. The molecule has 0 radical (unpaired) electrons. The number of piperidine rings is 3. The molecule has 2 aromatic rings. The fourth-order valence-corrected chi connectivity index (χ4v) is 5.39. The molecule has 6 heteroatoms. The van der Waals surface area contributed by atoms with E-state index in [9.17, 15) is 9.90 Å². The van der Waals surface area contributed by atoms with E-state index in [1.54, 1.807) is 18.2 Å². The lowest BCUT2D eigenvalue weighted by Crippen LogP contribution is -2.60. The van der Waals surface area contributed by atoms with Gasteiger partial charge in [0.05, 0.1) is 13.2 Å². The molecule has 142 valence electrons. The highest BCUT2D eigenvalue weighted by Crippen LogP contribution is 2.47. The molecule has 4 saturated heterocycles. The first-order chi connectivity index (χ1) is 13.2. The number of phenolic OH excluding ortho intramolecular Hbond substituents is 1. The number of phenols is 1. The molecular weight excluding hydrogens is 344 g/mol. The van der Waals surface area contributed by atoms with Crippen LogP contribution in [-0.4, -0.2) is 59.6 Å². The summed E-state index contributed by atoms with van der Waals surface area (Å²) >= 11 is 0. The van der Waals surface area contributed by atoms with Gasteiger partial charge in [-0.3, -0.25) is 9.69 Å². The molecule has 27 heavy (non-hydrogen) atoms. The maximum absolute atomic E-state index is 13.3. The lowest BCUT2D eigenvalue weighted by atomic mass is 9.75. The Labute approximate surface area is 158 Å². The Hall–Kier alpha value is -2.47. The largest absolute Gasteiger partial charge is 0.508 e. The highest BCUT2D eigenvalue weighted by Gasteiger charge is 2.55. The molecule has 5 heterocycles. The summed E-state index contributed by atoms with van der Waals surface area (Å²) in [7, 11) is 1.53. The predicted octanol–water partition coefficient (Wildman–Crippen LogP) is 2.70. The summed E-state index contributed by atoms with van der Waals surface area (Å²) in [5, 5.41) is 9.96. The molecule has 6 nitrogen and oxygen atoms in total. The van der Waals surface area contributed by atoms with Crippen LogP contribution in [0.15, 0.2) is 40.8 Å². The fourth-order valence-electron chi connectivity index (χ4n) is 5.39. The van der Waals surface area contributed by atoms with Gasteiger partial charge in [-0.1, -0.05) is 12.1 Å². The number of aromatic hydroxyl groups is 1. The summed E-state index contributed by atoms with van der Waals surface area (Å²) in [6.07, 6.45) is 2.28. The first kappa shape index (κ1) is 16.7. The maximum atomic E-state index is 13.3. The molecular formula is C21H24N2O4. The van der Waals surface area contributed by atoms with Crippen LogP contribution in [-0.2, 0) is 0 Å². The Kier molecular flexibility index (Phi) is 3.90. The molecule has 4 fully saturated rings. The van der Waals surface area contributed by atoms with Gasteiger partial charge in [0, 0.05) is 24.6 Å². The third kappa shape index (κ3) is 2.62. The second-order valence-corrected chi connectivity index (χ2v) is 7.84. The summed E-state index contributed by atoms with van der Waals surface area (Å²) < 4.78 is 10.7. The van der Waals surface area contributed by atoms with Crippen LogP contribution in [0.3, 0.4) is 0 Å². The number of hydrogen-bond acceptors (Lipinski definition) is 5. The lowest BCUT2D eigenvalue weighted by Gasteiger charge is -2.51. The van der Waals surface area contributed by atoms with Crippen molar-refractivity contribution < 1.29 is 19.1 Å². The third-order valence-electron chi connectivity index (χ3n) is 6.55. The first-order valence-corrected chi connectivity index (χ1v) is 9.63. The van der Waals surface area contributed by atoms with E-state index in [-0.39, 0.29) is 23.6 Å². The van der Waals surface area contributed by atoms with Gasteiger partial charge in [-0.25, -0.2) is 0 Å². The van der Waals surface area contributed by atoms with Crippen LogP contribution < -0.4 is 4.74 Å². The molecule has 0 saturated carbocycles. The molecule has 0 spiro atoms. The van der Waals surface area contributed by atoms with Gasteiger partial charge in [-0.05, 0) is 55.6 Å². The molecule has 1 N–H and O–H groups in total. The number of rotatable bonds is 3. The van der Waals surface area contributed by atoms with Crippen molar-refractivity contribution in [2.45, 2.75) is 30.8 Å². The van der Waals surface area contributed by atoms with E-state index >= 15 is 0 Å². The molecule has 4 aliphatic rings. The molecule has 0 aliphatic carbocycles. The Morgan fingerprint density at radius 1 is 1.19 bits per heavy atom. The summed E-state index contributed by atoms with van der Waals surface area (Å²) in [5.74, 6) is 1.63. The van der Waals surface area contributed by atoms with Crippen LogP contribution >= 0.6 is 0 Å². The topological polar surface area (TPSA) is 66.2 Å². The smallest absolute Gasteiger partial charge is 0.290 e. The number of benzene rings is 1. The van der Waals surface area contributed by atoms with Crippen molar-refractivity contribution in [3.05, 3.63) is 47.7 Å². The molecule has 4 aliphatic heterocycles. The summed E-state index contributed by atoms with van der Waals surface area (Å²) in [6.45, 7) is 2.84. The molecule has 1 aromatic heterocycles. The molecule has 1 aromatic carbocycles. The van der Waals surface area contributed by atoms with Crippen molar-refractivity contribution in [2.75, 3.05) is 26.7 Å². The van der Waals surface area contributed by atoms with Crippen molar-refractivity contribution in [2.24, 2.45) is 5.92 Å². The van der Waals surface area contributed by atoms with Gasteiger partial charge in [0.1, 0.15) is 5.75 Å². The SMILES string of the molecule is COc1ccc(C(=O)N2C[C@@H](c3cccc(O)c3)[C@@H]3[C@H]2C2CCN3CC2)o1. The van der Waals surface area contributed by atoms with Crippen molar-refractivity contribution >= 4 is 5.91 Å². The average Bonchev–Trinajstić information content (AvgIpc) is 3.34. The number of hydrogen-bond donors (Lipinski definition) is 1. The highest BCUT2D eigenvalue weighted by atomic mass is 16.6. The Balaban J connectivity index is 1.51. The van der Waals surface area contributed by atoms with Crippen molar-refractivity contribution in [1.82, 2.24) is 9.80 Å². The number of fused-ring (bicyclic) bond motifs is 2. The highest BCUT2D eigenvalue weighted by molar-refractivity contribution is 5.92. The van der Waals surface area contributed by atoms with E-state index in [1.165, 1.54) is 7.11 Å². The number of amides is 1. The Bertz CT molecular complexity index is 855. The summed E-state index contributed by atoms with van der Waals surface area (Å²) in [6, 6.07) is 11.4. The van der Waals surface area contributed by atoms with Crippen LogP contribution in [0, 0.1) is 5.92 Å². The second kappa shape index (κ2) is 6.30. The van der Waals surface area contributed by atoms with Crippen LogP contribution in [0.4, 0.5) is 0 Å². The zero-order chi connectivity index (χ0) is 18.5. The Morgan fingerprint density at radius 3 is 2.70 bits per heavy atom. The number of methoxy groups -OCH3 is 1. The molecule has 0 unspecified atom stereocenters. The van der Waals surface area contributed by atoms with Crippen LogP contribution in [0.5, 0.6) is 11.7 Å². The van der Waals surface area contributed by atoms with Crippen LogP contribution in [0.25, 0.3) is 0 Å². The normalized spacial score (nSPS) is 31.7. The second-order valence-electron chi connectivity index (χ2n) is 7.84. The summed E-state index contributed by atoms with van der Waals surface area (Å²) in [5.41, 5.74) is 1.10. The van der Waals surface area contributed by atoms with Gasteiger partial charge >= 0.3 is 0 Å². The quantitative estimate of drug-likeness (QED) is 0.902. The number of furan rings is 1. The number of carbonyl (C=O) groups is 1. The minimum atomic E-state index is -0.0651. The average molecular weight is 368 g/mol. The monoisotopic (exact) mass is 368 g/mol. The van der Waals surface area contributed by atoms with Gasteiger partial charge < -0.3 is 19.2 Å². The number of nitrogens with zero attached hydrogens (tertiary/aromatic N) is 2. The van der Waals surface area contributed by atoms with Crippen molar-refractivity contribution in [3.63, 3.8) is 0 Å².